The van der Waals surface area contributed by atoms with Crippen LogP contribution in [0.3, 0.4) is 0 Å². The van der Waals surface area contributed by atoms with Crippen molar-refractivity contribution in [2.75, 3.05) is 5.75 Å². The number of benzene rings is 1. The van der Waals surface area contributed by atoms with Crippen LogP contribution in [0.15, 0.2) is 35.2 Å². The van der Waals surface area contributed by atoms with Gasteiger partial charge in [-0.25, -0.2) is 9.35 Å². The average molecular weight is 329 g/mol. The predicted molar refractivity (Wildman–Crippen MR) is 81.0 cm³/mol. The Labute approximate surface area is 127 Å². The zero-order chi connectivity index (χ0) is 16.9. The van der Waals surface area contributed by atoms with Gasteiger partial charge in [-0.1, -0.05) is 13.0 Å². The molecule has 0 saturated carbocycles. The highest BCUT2D eigenvalue weighted by molar-refractivity contribution is 7.91. The Balaban J connectivity index is 3.08. The summed E-state index contributed by atoms with van der Waals surface area (Å²) in [6.45, 7) is 5.32. The lowest BCUT2D eigenvalue weighted by Crippen LogP contribution is -2.23. The standard InChI is InChI=1S/C13H16FN3O4S/c1-3-4-9(2)8-22(15,21)16-13(18)10-5-6-11(14)12(7-10)17(19)20/h3,5-7,9H,1,4,8H2,2H3,(H2,15,16,18,21)/t9-,22?/m0/s1. The highest BCUT2D eigenvalue weighted by atomic mass is 32.2. The van der Waals surface area contributed by atoms with E-state index in [1.807, 2.05) is 0 Å². The number of nitro groups is 1. The maximum Gasteiger partial charge on any atom is 0.305 e. The molecule has 1 aromatic rings. The molecule has 0 aliphatic heterocycles. The van der Waals surface area contributed by atoms with Crippen molar-refractivity contribution in [2.45, 2.75) is 13.3 Å². The van der Waals surface area contributed by atoms with E-state index in [0.717, 1.165) is 18.2 Å². The summed E-state index contributed by atoms with van der Waals surface area (Å²) in [5.74, 6) is -2.17. The van der Waals surface area contributed by atoms with E-state index in [1.54, 1.807) is 13.0 Å². The molecule has 120 valence electrons. The molecule has 7 nitrogen and oxygen atoms in total. The van der Waals surface area contributed by atoms with Gasteiger partial charge >= 0.3 is 5.69 Å². The molecule has 22 heavy (non-hydrogen) atoms. The number of carbonyl (C=O) groups is 1. The minimum Gasteiger partial charge on any atom is -0.266 e. The number of halogens is 1. The largest absolute Gasteiger partial charge is 0.305 e. The molecule has 0 heterocycles. The molecule has 0 saturated heterocycles. The Morgan fingerprint density at radius 2 is 2.27 bits per heavy atom. The van der Waals surface area contributed by atoms with E-state index in [1.165, 1.54) is 0 Å². The second-order valence-electron chi connectivity index (χ2n) is 4.81. The van der Waals surface area contributed by atoms with Crippen molar-refractivity contribution in [3.05, 3.63) is 52.3 Å². The van der Waals surface area contributed by atoms with Gasteiger partial charge < -0.3 is 0 Å². The zero-order valence-corrected chi connectivity index (χ0v) is 12.7. The van der Waals surface area contributed by atoms with E-state index in [4.69, 9.17) is 5.14 Å². The average Bonchev–Trinajstić information content (AvgIpc) is 2.37. The quantitative estimate of drug-likeness (QED) is 0.490. The summed E-state index contributed by atoms with van der Waals surface area (Å²) in [5.41, 5.74) is -1.10. The molecule has 0 aliphatic rings. The Kier molecular flexibility index (Phi) is 5.89. The van der Waals surface area contributed by atoms with E-state index in [2.05, 4.69) is 10.9 Å². The molecular weight excluding hydrogens is 313 g/mol. The smallest absolute Gasteiger partial charge is 0.266 e. The first-order valence-corrected chi connectivity index (χ1v) is 8.02. The molecule has 0 aliphatic carbocycles. The van der Waals surface area contributed by atoms with Crippen molar-refractivity contribution < 1.29 is 18.3 Å². The molecule has 1 amide bonds. The molecule has 2 atom stereocenters. The van der Waals surface area contributed by atoms with Gasteiger partial charge in [-0.3, -0.25) is 14.9 Å². The summed E-state index contributed by atoms with van der Waals surface area (Å²) in [5, 5.41) is 16.1. The van der Waals surface area contributed by atoms with Gasteiger partial charge in [0.15, 0.2) is 0 Å². The molecule has 2 N–H and O–H groups in total. The normalized spacial score (nSPS) is 14.7. The Morgan fingerprint density at radius 3 is 2.82 bits per heavy atom. The van der Waals surface area contributed by atoms with E-state index in [-0.39, 0.29) is 17.2 Å². The number of carbonyl (C=O) groups excluding carboxylic acids is 1. The molecule has 0 fully saturated rings. The Hall–Kier alpha value is -2.13. The van der Waals surface area contributed by atoms with Crippen LogP contribution in [0.1, 0.15) is 23.7 Å². The number of allylic oxidation sites excluding steroid dienone is 1. The lowest BCUT2D eigenvalue weighted by molar-refractivity contribution is -0.387. The lowest BCUT2D eigenvalue weighted by Gasteiger charge is -2.09. The van der Waals surface area contributed by atoms with Gasteiger partial charge in [0.05, 0.1) is 4.92 Å². The van der Waals surface area contributed by atoms with Crippen molar-refractivity contribution in [3.63, 3.8) is 0 Å². The van der Waals surface area contributed by atoms with Crippen molar-refractivity contribution >= 4 is 21.5 Å². The van der Waals surface area contributed by atoms with Crippen LogP contribution >= 0.6 is 0 Å². The summed E-state index contributed by atoms with van der Waals surface area (Å²) in [6, 6.07) is 2.54. The fourth-order valence-electron chi connectivity index (χ4n) is 1.78. The van der Waals surface area contributed by atoms with Gasteiger partial charge in [-0.2, -0.15) is 4.39 Å². The number of rotatable bonds is 6. The van der Waals surface area contributed by atoms with Gasteiger partial charge in [-0.05, 0) is 24.5 Å². The summed E-state index contributed by atoms with van der Waals surface area (Å²) in [4.78, 5) is 21.6. The maximum absolute atomic E-state index is 13.2. The highest BCUT2D eigenvalue weighted by Crippen LogP contribution is 2.19. The summed E-state index contributed by atoms with van der Waals surface area (Å²) < 4.78 is 28.7. The van der Waals surface area contributed by atoms with Crippen LogP contribution in [0.25, 0.3) is 0 Å². The third-order valence-corrected chi connectivity index (χ3v) is 4.24. The van der Waals surface area contributed by atoms with Gasteiger partial charge in [-0.15, -0.1) is 10.9 Å². The van der Waals surface area contributed by atoms with Crippen molar-refractivity contribution in [2.24, 2.45) is 15.4 Å². The van der Waals surface area contributed by atoms with Gasteiger partial charge in [0.2, 0.25) is 5.82 Å². The number of nitrogens with two attached hydrogens (primary N) is 1. The lowest BCUT2D eigenvalue weighted by atomic mass is 10.1. The Morgan fingerprint density at radius 1 is 1.64 bits per heavy atom. The first kappa shape index (κ1) is 17.9. The molecule has 1 unspecified atom stereocenters. The summed E-state index contributed by atoms with van der Waals surface area (Å²) in [7, 11) is -3.28. The summed E-state index contributed by atoms with van der Waals surface area (Å²) >= 11 is 0. The molecule has 0 spiro atoms. The topological polar surface area (TPSA) is 116 Å². The van der Waals surface area contributed by atoms with Crippen LogP contribution in [0.2, 0.25) is 0 Å². The summed E-state index contributed by atoms with van der Waals surface area (Å²) in [6.07, 6.45) is 2.19. The van der Waals surface area contributed by atoms with Crippen LogP contribution in [-0.4, -0.2) is 20.8 Å². The van der Waals surface area contributed by atoms with Crippen molar-refractivity contribution in [3.8, 4) is 0 Å². The monoisotopic (exact) mass is 329 g/mol. The Bertz CT molecular complexity index is 726. The third-order valence-electron chi connectivity index (χ3n) is 2.72. The van der Waals surface area contributed by atoms with E-state index < -0.39 is 32.3 Å². The van der Waals surface area contributed by atoms with Gasteiger partial charge in [0.25, 0.3) is 5.91 Å². The van der Waals surface area contributed by atoms with Crippen LogP contribution in [0, 0.1) is 21.8 Å². The van der Waals surface area contributed by atoms with Crippen LogP contribution in [-0.2, 0) is 9.92 Å². The first-order chi connectivity index (χ1) is 10.2. The van der Waals surface area contributed by atoms with Crippen LogP contribution in [0.5, 0.6) is 0 Å². The molecule has 1 rings (SSSR count). The molecule has 9 heteroatoms. The van der Waals surface area contributed by atoms with Crippen molar-refractivity contribution in [1.29, 1.82) is 0 Å². The number of amides is 1. The highest BCUT2D eigenvalue weighted by Gasteiger charge is 2.19. The molecular formula is C13H16FN3O4S. The third kappa shape index (κ3) is 5.01. The fraction of sp³-hybridized carbons (Fsp3) is 0.308. The molecule has 0 radical (unpaired) electrons. The SMILES string of the molecule is C=CC[C@H](C)CS(N)(=O)=NC(=O)c1ccc(F)c([N+](=O)[O-])c1. The first-order valence-electron chi connectivity index (χ1n) is 6.28. The molecule has 0 bridgehead atoms. The number of hydrogen-bond acceptors (Lipinski definition) is 4. The van der Waals surface area contributed by atoms with Crippen LogP contribution < -0.4 is 5.14 Å². The van der Waals surface area contributed by atoms with E-state index in [9.17, 15) is 23.5 Å². The zero-order valence-electron chi connectivity index (χ0n) is 11.9. The second kappa shape index (κ2) is 7.23. The maximum atomic E-state index is 13.2. The van der Waals surface area contributed by atoms with Gasteiger partial charge in [0.1, 0.15) is 9.92 Å². The fourth-order valence-corrected chi connectivity index (χ4v) is 3.19. The number of hydrogen-bond donors (Lipinski definition) is 1. The number of nitrogens with zero attached hydrogens (tertiary/aromatic N) is 2. The molecule has 0 aromatic heterocycles. The minimum absolute atomic E-state index is 0.0198. The van der Waals surface area contributed by atoms with Gasteiger partial charge in [0, 0.05) is 17.4 Å². The predicted octanol–water partition coefficient (Wildman–Crippen LogP) is 2.43. The minimum atomic E-state index is -3.28. The van der Waals surface area contributed by atoms with Crippen LogP contribution in [0.4, 0.5) is 10.1 Å². The van der Waals surface area contributed by atoms with Crippen molar-refractivity contribution in [1.82, 2.24) is 0 Å². The van der Waals surface area contributed by atoms with E-state index >= 15 is 0 Å². The number of nitro benzene ring substituents is 1. The second-order valence-corrected chi connectivity index (χ2v) is 6.70. The molecule has 1 aromatic carbocycles. The van der Waals surface area contributed by atoms with E-state index in [0.29, 0.717) is 6.42 Å².